The van der Waals surface area contributed by atoms with E-state index in [2.05, 4.69) is 10.3 Å². The molecule has 8 heteroatoms. The summed E-state index contributed by atoms with van der Waals surface area (Å²) in [4.78, 5) is 30.4. The molecule has 2 aromatic carbocycles. The predicted octanol–water partition coefficient (Wildman–Crippen LogP) is 4.01. The summed E-state index contributed by atoms with van der Waals surface area (Å²) in [7, 11) is 0. The van der Waals surface area contributed by atoms with E-state index in [1.807, 2.05) is 6.92 Å². The van der Waals surface area contributed by atoms with Crippen molar-refractivity contribution in [3.05, 3.63) is 79.7 Å². The number of aromatic nitrogens is 2. The third-order valence-corrected chi connectivity index (χ3v) is 5.35. The Labute approximate surface area is 184 Å². The van der Waals surface area contributed by atoms with E-state index in [1.54, 1.807) is 49.4 Å². The van der Waals surface area contributed by atoms with Crippen molar-refractivity contribution < 1.29 is 9.90 Å². The molecular weight excluding hydrogens is 425 g/mol. The molecule has 0 saturated heterocycles. The summed E-state index contributed by atoms with van der Waals surface area (Å²) in [6.07, 6.45) is 0.160. The smallest absolute Gasteiger partial charge is 0.257 e. The Bertz CT molecular complexity index is 1140. The van der Waals surface area contributed by atoms with E-state index in [4.69, 9.17) is 23.2 Å². The molecule has 0 saturated carbocycles. The van der Waals surface area contributed by atoms with Crippen molar-refractivity contribution in [3.63, 3.8) is 0 Å². The Balaban J connectivity index is 2.01. The highest BCUT2D eigenvalue weighted by Gasteiger charge is 2.18. The molecular formula is C22H21Cl2N3O3. The molecule has 0 fully saturated rings. The third kappa shape index (κ3) is 4.90. The number of carbonyl (C=O) groups is 1. The molecule has 1 aromatic heterocycles. The fraction of sp³-hybridized carbons (Fsp3) is 0.227. The first kappa shape index (κ1) is 22.0. The topological polar surface area (TPSA) is 84.2 Å². The number of hydrogen-bond donors (Lipinski definition) is 2. The van der Waals surface area contributed by atoms with Crippen molar-refractivity contribution in [2.45, 2.75) is 26.8 Å². The number of nitrogens with zero attached hydrogens (tertiary/aromatic N) is 2. The Morgan fingerprint density at radius 1 is 1.13 bits per heavy atom. The van der Waals surface area contributed by atoms with Crippen molar-refractivity contribution >= 4 is 34.8 Å². The molecule has 1 heterocycles. The van der Waals surface area contributed by atoms with Crippen LogP contribution in [0.5, 0.6) is 0 Å². The molecule has 0 aliphatic heterocycles. The van der Waals surface area contributed by atoms with Crippen LogP contribution in [0.1, 0.15) is 16.8 Å². The fourth-order valence-corrected chi connectivity index (χ4v) is 3.39. The number of rotatable bonds is 6. The second kappa shape index (κ2) is 9.43. The molecule has 30 heavy (non-hydrogen) atoms. The highest BCUT2D eigenvalue weighted by atomic mass is 35.5. The van der Waals surface area contributed by atoms with Gasteiger partial charge in [-0.1, -0.05) is 29.3 Å². The first-order valence-electron chi connectivity index (χ1n) is 9.33. The molecule has 0 spiro atoms. The quantitative estimate of drug-likeness (QED) is 0.600. The Morgan fingerprint density at radius 3 is 2.47 bits per heavy atom. The van der Waals surface area contributed by atoms with E-state index < -0.39 is 5.91 Å². The second-order valence-corrected chi connectivity index (χ2v) is 7.73. The van der Waals surface area contributed by atoms with Gasteiger partial charge in [-0.15, -0.1) is 0 Å². The monoisotopic (exact) mass is 445 g/mol. The van der Waals surface area contributed by atoms with Crippen LogP contribution < -0.4 is 10.9 Å². The van der Waals surface area contributed by atoms with Gasteiger partial charge in [-0.25, -0.2) is 4.98 Å². The van der Waals surface area contributed by atoms with Gasteiger partial charge in [0.2, 0.25) is 5.91 Å². The standard InChI is InChI=1S/C22H21Cl2N3O3/c1-13-3-8-17(11-19(13)24)26-20(29)12-27-21(15-4-6-16(23)7-5-15)25-14(2)18(9-10-28)22(27)30/h3-8,11,28H,9-10,12H2,1-2H3,(H,26,29). The van der Waals surface area contributed by atoms with E-state index in [-0.39, 0.29) is 25.1 Å². The summed E-state index contributed by atoms with van der Waals surface area (Å²) in [5.74, 6) is -0.0409. The molecule has 156 valence electrons. The van der Waals surface area contributed by atoms with E-state index in [0.29, 0.717) is 38.4 Å². The van der Waals surface area contributed by atoms with Gasteiger partial charge in [0.15, 0.2) is 0 Å². The molecule has 0 aliphatic carbocycles. The minimum Gasteiger partial charge on any atom is -0.396 e. The average Bonchev–Trinajstić information content (AvgIpc) is 2.70. The summed E-state index contributed by atoms with van der Waals surface area (Å²) >= 11 is 12.1. The van der Waals surface area contributed by atoms with Crippen LogP contribution >= 0.6 is 23.2 Å². The largest absolute Gasteiger partial charge is 0.396 e. The van der Waals surface area contributed by atoms with Crippen LogP contribution in [0, 0.1) is 13.8 Å². The molecule has 2 N–H and O–H groups in total. The second-order valence-electron chi connectivity index (χ2n) is 6.88. The number of nitrogens with one attached hydrogen (secondary N) is 1. The molecule has 1 amide bonds. The highest BCUT2D eigenvalue weighted by molar-refractivity contribution is 6.31. The zero-order valence-corrected chi connectivity index (χ0v) is 18.1. The fourth-order valence-electron chi connectivity index (χ4n) is 3.08. The number of aliphatic hydroxyl groups is 1. The summed E-state index contributed by atoms with van der Waals surface area (Å²) in [6, 6.07) is 12.1. The molecule has 3 rings (SSSR count). The zero-order chi connectivity index (χ0) is 21.8. The number of halogens is 2. The van der Waals surface area contributed by atoms with Gasteiger partial charge in [0.1, 0.15) is 12.4 Å². The van der Waals surface area contributed by atoms with E-state index in [1.165, 1.54) is 4.57 Å². The first-order valence-corrected chi connectivity index (χ1v) is 10.1. The van der Waals surface area contributed by atoms with Gasteiger partial charge in [-0.2, -0.15) is 0 Å². The van der Waals surface area contributed by atoms with Crippen molar-refractivity contribution in [2.24, 2.45) is 0 Å². The normalized spacial score (nSPS) is 10.8. The molecule has 3 aromatic rings. The van der Waals surface area contributed by atoms with Crippen LogP contribution in [0.3, 0.4) is 0 Å². The van der Waals surface area contributed by atoms with Crippen LogP contribution in [0.2, 0.25) is 10.0 Å². The van der Waals surface area contributed by atoms with Gasteiger partial charge in [-0.05, 0) is 55.8 Å². The third-order valence-electron chi connectivity index (χ3n) is 4.69. The number of hydrogen-bond acceptors (Lipinski definition) is 4. The number of aryl methyl sites for hydroxylation is 2. The average molecular weight is 446 g/mol. The minimum absolute atomic E-state index is 0.160. The first-order chi connectivity index (χ1) is 14.3. The number of benzene rings is 2. The maximum absolute atomic E-state index is 13.1. The maximum atomic E-state index is 13.1. The van der Waals surface area contributed by atoms with E-state index >= 15 is 0 Å². The molecule has 0 atom stereocenters. The van der Waals surface area contributed by atoms with Crippen LogP contribution in [-0.4, -0.2) is 27.2 Å². The van der Waals surface area contributed by atoms with Crippen LogP contribution in [0.15, 0.2) is 47.3 Å². The number of amides is 1. The lowest BCUT2D eigenvalue weighted by atomic mass is 10.1. The van der Waals surface area contributed by atoms with E-state index in [0.717, 1.165) is 5.56 Å². The molecule has 0 unspecified atom stereocenters. The number of carbonyl (C=O) groups excluding carboxylic acids is 1. The minimum atomic E-state index is -0.396. The van der Waals surface area contributed by atoms with Gasteiger partial charge >= 0.3 is 0 Å². The maximum Gasteiger partial charge on any atom is 0.257 e. The summed E-state index contributed by atoms with van der Waals surface area (Å²) in [5, 5.41) is 13.2. The van der Waals surface area contributed by atoms with Gasteiger partial charge in [0.25, 0.3) is 5.56 Å². The summed E-state index contributed by atoms with van der Waals surface area (Å²) < 4.78 is 1.31. The lowest BCUT2D eigenvalue weighted by Gasteiger charge is -2.16. The van der Waals surface area contributed by atoms with Crippen LogP contribution in [0.25, 0.3) is 11.4 Å². The van der Waals surface area contributed by atoms with Gasteiger partial charge in [-0.3, -0.25) is 14.2 Å². The van der Waals surface area contributed by atoms with Crippen molar-refractivity contribution in [1.29, 1.82) is 0 Å². The molecule has 0 bridgehead atoms. The lowest BCUT2D eigenvalue weighted by molar-refractivity contribution is -0.116. The SMILES string of the molecule is Cc1ccc(NC(=O)Cn2c(-c3ccc(Cl)cc3)nc(C)c(CCO)c2=O)cc1Cl. The number of anilines is 1. The van der Waals surface area contributed by atoms with Crippen molar-refractivity contribution in [1.82, 2.24) is 9.55 Å². The Morgan fingerprint density at radius 2 is 1.83 bits per heavy atom. The number of aliphatic hydroxyl groups excluding tert-OH is 1. The molecule has 0 radical (unpaired) electrons. The lowest BCUT2D eigenvalue weighted by Crippen LogP contribution is -2.33. The summed E-state index contributed by atoms with van der Waals surface area (Å²) in [5.41, 5.74) is 2.61. The van der Waals surface area contributed by atoms with Gasteiger partial charge < -0.3 is 10.4 Å². The zero-order valence-electron chi connectivity index (χ0n) is 16.6. The molecule has 0 aliphatic rings. The summed E-state index contributed by atoms with van der Waals surface area (Å²) in [6.45, 7) is 3.15. The van der Waals surface area contributed by atoms with E-state index in [9.17, 15) is 14.7 Å². The van der Waals surface area contributed by atoms with Gasteiger partial charge in [0.05, 0.1) is 0 Å². The predicted molar refractivity (Wildman–Crippen MR) is 119 cm³/mol. The van der Waals surface area contributed by atoms with Crippen molar-refractivity contribution in [2.75, 3.05) is 11.9 Å². The highest BCUT2D eigenvalue weighted by Crippen LogP contribution is 2.22. The van der Waals surface area contributed by atoms with Crippen molar-refractivity contribution in [3.8, 4) is 11.4 Å². The van der Waals surface area contributed by atoms with Gasteiger partial charge in [0, 0.05) is 45.6 Å². The molecule has 6 nitrogen and oxygen atoms in total. The Kier molecular flexibility index (Phi) is 6.92. The Hall–Kier alpha value is -2.67. The van der Waals surface area contributed by atoms with Crippen LogP contribution in [-0.2, 0) is 17.8 Å². The van der Waals surface area contributed by atoms with Crippen LogP contribution in [0.4, 0.5) is 5.69 Å².